The Bertz CT molecular complexity index is 339. The van der Waals surface area contributed by atoms with Gasteiger partial charge in [0.05, 0.1) is 5.41 Å². The molecule has 0 spiro atoms. The second kappa shape index (κ2) is 10.4. The minimum Gasteiger partial charge on any atom is -0.481 e. The van der Waals surface area contributed by atoms with Crippen molar-refractivity contribution in [3.63, 3.8) is 0 Å². The Labute approximate surface area is 144 Å². The lowest BCUT2D eigenvalue weighted by atomic mass is 9.57. The van der Waals surface area contributed by atoms with Gasteiger partial charge in [-0.2, -0.15) is 0 Å². The van der Waals surface area contributed by atoms with E-state index in [4.69, 9.17) is 0 Å². The molecule has 23 heavy (non-hydrogen) atoms. The predicted octanol–water partition coefficient (Wildman–Crippen LogP) is 6.68. The number of carbonyl (C=O) groups is 1. The van der Waals surface area contributed by atoms with Crippen molar-refractivity contribution in [2.75, 3.05) is 0 Å². The van der Waals surface area contributed by atoms with Crippen LogP contribution in [0, 0.1) is 23.2 Å². The summed E-state index contributed by atoms with van der Waals surface area (Å²) >= 11 is 0. The van der Waals surface area contributed by atoms with Crippen LogP contribution in [-0.4, -0.2) is 11.1 Å². The largest absolute Gasteiger partial charge is 0.481 e. The maximum Gasteiger partial charge on any atom is 0.309 e. The van der Waals surface area contributed by atoms with E-state index in [1.54, 1.807) is 0 Å². The van der Waals surface area contributed by atoms with Crippen molar-refractivity contribution in [3.05, 3.63) is 0 Å². The summed E-state index contributed by atoms with van der Waals surface area (Å²) in [5.74, 6) is 0.980. The number of unbranched alkanes of at least 4 members (excludes halogenated alkanes) is 4. The molecule has 1 saturated carbocycles. The minimum atomic E-state index is -0.509. The van der Waals surface area contributed by atoms with Crippen LogP contribution < -0.4 is 0 Å². The number of hydrogen-bond donors (Lipinski definition) is 1. The topological polar surface area (TPSA) is 37.3 Å². The Kier molecular flexibility index (Phi) is 9.24. The number of hydrogen-bond acceptors (Lipinski definition) is 1. The lowest BCUT2D eigenvalue weighted by Gasteiger charge is -2.46. The van der Waals surface area contributed by atoms with E-state index in [9.17, 15) is 9.90 Å². The number of carboxylic acids is 1. The van der Waals surface area contributed by atoms with Crippen LogP contribution in [0.3, 0.4) is 0 Å². The van der Waals surface area contributed by atoms with Gasteiger partial charge in [-0.1, -0.05) is 85.5 Å². The summed E-state index contributed by atoms with van der Waals surface area (Å²) in [7, 11) is 0. The van der Waals surface area contributed by atoms with Crippen LogP contribution >= 0.6 is 0 Å². The Morgan fingerprint density at radius 1 is 1.17 bits per heavy atom. The van der Waals surface area contributed by atoms with Gasteiger partial charge in [0, 0.05) is 0 Å². The number of carboxylic acid groups (broad SMARTS) is 1. The molecule has 1 rings (SSSR count). The molecule has 0 radical (unpaired) electrons. The zero-order chi connectivity index (χ0) is 17.3. The zero-order valence-corrected chi connectivity index (χ0v) is 16.1. The second-order valence-corrected chi connectivity index (χ2v) is 8.24. The fourth-order valence-electron chi connectivity index (χ4n) is 4.91. The second-order valence-electron chi connectivity index (χ2n) is 8.24. The van der Waals surface area contributed by atoms with E-state index in [0.717, 1.165) is 25.7 Å². The zero-order valence-electron chi connectivity index (χ0n) is 16.1. The third-order valence-corrected chi connectivity index (χ3v) is 6.24. The molecule has 1 aliphatic rings. The Morgan fingerprint density at radius 2 is 1.87 bits per heavy atom. The minimum absolute atomic E-state index is 0.381. The maximum absolute atomic E-state index is 12.3. The van der Waals surface area contributed by atoms with Crippen LogP contribution in [0.2, 0.25) is 0 Å². The standard InChI is InChI=1S/C21H40O2/c1-5-7-9-10-12-17(3)16-21(20(22)23)15-11-13-18(4)19(21)14-8-6-2/h17-19H,5-16H2,1-4H3,(H,22,23). The monoisotopic (exact) mass is 324 g/mol. The molecule has 0 aliphatic heterocycles. The molecule has 0 bridgehead atoms. The van der Waals surface area contributed by atoms with Crippen molar-refractivity contribution in [3.8, 4) is 0 Å². The summed E-state index contributed by atoms with van der Waals surface area (Å²) in [6, 6.07) is 0. The molecule has 4 atom stereocenters. The first-order chi connectivity index (χ1) is 11.0. The fraction of sp³-hybridized carbons (Fsp3) is 0.952. The lowest BCUT2D eigenvalue weighted by molar-refractivity contribution is -0.159. The SMILES string of the molecule is CCCCCCC(C)CC1(C(=O)O)CCCC(C)C1CCCC. The number of rotatable bonds is 11. The fourth-order valence-corrected chi connectivity index (χ4v) is 4.91. The molecule has 0 saturated heterocycles. The Balaban J connectivity index is 2.75. The first-order valence-corrected chi connectivity index (χ1v) is 10.2. The van der Waals surface area contributed by atoms with Crippen LogP contribution in [0.4, 0.5) is 0 Å². The summed E-state index contributed by atoms with van der Waals surface area (Å²) in [6.07, 6.45) is 13.9. The van der Waals surface area contributed by atoms with Crippen LogP contribution in [0.25, 0.3) is 0 Å². The van der Waals surface area contributed by atoms with Crippen molar-refractivity contribution in [1.29, 1.82) is 0 Å². The third-order valence-electron chi connectivity index (χ3n) is 6.24. The highest BCUT2D eigenvalue weighted by atomic mass is 16.4. The average Bonchev–Trinajstić information content (AvgIpc) is 2.51. The molecule has 1 fully saturated rings. The van der Waals surface area contributed by atoms with Gasteiger partial charge in [0.1, 0.15) is 0 Å². The molecule has 4 unspecified atom stereocenters. The molecule has 1 N–H and O–H groups in total. The Morgan fingerprint density at radius 3 is 2.48 bits per heavy atom. The van der Waals surface area contributed by atoms with Crippen molar-refractivity contribution < 1.29 is 9.90 Å². The van der Waals surface area contributed by atoms with E-state index in [0.29, 0.717) is 17.8 Å². The highest BCUT2D eigenvalue weighted by Crippen LogP contribution is 2.51. The molecule has 1 aliphatic carbocycles. The summed E-state index contributed by atoms with van der Waals surface area (Å²) in [5, 5.41) is 10.1. The van der Waals surface area contributed by atoms with Gasteiger partial charge in [-0.15, -0.1) is 0 Å². The van der Waals surface area contributed by atoms with Crippen LogP contribution in [0.5, 0.6) is 0 Å². The van der Waals surface area contributed by atoms with Gasteiger partial charge in [0.2, 0.25) is 0 Å². The van der Waals surface area contributed by atoms with Gasteiger partial charge in [-0.05, 0) is 37.0 Å². The van der Waals surface area contributed by atoms with Gasteiger partial charge in [0.25, 0.3) is 0 Å². The van der Waals surface area contributed by atoms with Gasteiger partial charge < -0.3 is 5.11 Å². The molecule has 0 aromatic rings. The maximum atomic E-state index is 12.3. The summed E-state index contributed by atoms with van der Waals surface area (Å²) in [6.45, 7) is 9.03. The highest BCUT2D eigenvalue weighted by molar-refractivity contribution is 5.75. The van der Waals surface area contributed by atoms with Crippen molar-refractivity contribution in [1.82, 2.24) is 0 Å². The Hall–Kier alpha value is -0.530. The smallest absolute Gasteiger partial charge is 0.309 e. The van der Waals surface area contributed by atoms with Crippen LogP contribution in [-0.2, 0) is 4.79 Å². The molecule has 0 aromatic carbocycles. The first-order valence-electron chi connectivity index (χ1n) is 10.2. The third kappa shape index (κ3) is 5.80. The van der Waals surface area contributed by atoms with Crippen molar-refractivity contribution in [2.24, 2.45) is 23.2 Å². The van der Waals surface area contributed by atoms with E-state index >= 15 is 0 Å². The predicted molar refractivity (Wildman–Crippen MR) is 98.6 cm³/mol. The molecule has 2 nitrogen and oxygen atoms in total. The molecular weight excluding hydrogens is 284 g/mol. The van der Waals surface area contributed by atoms with Gasteiger partial charge in [-0.25, -0.2) is 0 Å². The summed E-state index contributed by atoms with van der Waals surface area (Å²) < 4.78 is 0. The summed E-state index contributed by atoms with van der Waals surface area (Å²) in [5.41, 5.74) is -0.447. The first kappa shape index (κ1) is 20.5. The van der Waals surface area contributed by atoms with Crippen LogP contribution in [0.1, 0.15) is 105 Å². The van der Waals surface area contributed by atoms with Gasteiger partial charge in [0.15, 0.2) is 0 Å². The average molecular weight is 325 g/mol. The van der Waals surface area contributed by atoms with E-state index in [1.165, 1.54) is 51.4 Å². The van der Waals surface area contributed by atoms with Crippen molar-refractivity contribution >= 4 is 5.97 Å². The van der Waals surface area contributed by atoms with E-state index in [2.05, 4.69) is 27.7 Å². The molecule has 0 aromatic heterocycles. The molecule has 136 valence electrons. The number of aliphatic carboxylic acids is 1. The van der Waals surface area contributed by atoms with Gasteiger partial charge >= 0.3 is 5.97 Å². The molecule has 2 heteroatoms. The van der Waals surface area contributed by atoms with Crippen LogP contribution in [0.15, 0.2) is 0 Å². The van der Waals surface area contributed by atoms with Gasteiger partial charge in [-0.3, -0.25) is 4.79 Å². The quantitative estimate of drug-likeness (QED) is 0.430. The molecule has 0 heterocycles. The summed E-state index contributed by atoms with van der Waals surface area (Å²) in [4.78, 5) is 12.3. The lowest BCUT2D eigenvalue weighted by Crippen LogP contribution is -2.45. The normalized spacial score (nSPS) is 29.4. The molecule has 0 amide bonds. The van der Waals surface area contributed by atoms with E-state index in [1.807, 2.05) is 0 Å². The van der Waals surface area contributed by atoms with E-state index in [-0.39, 0.29) is 0 Å². The van der Waals surface area contributed by atoms with Crippen molar-refractivity contribution in [2.45, 2.75) is 105 Å². The highest BCUT2D eigenvalue weighted by Gasteiger charge is 2.49. The molecular formula is C21H40O2. The van der Waals surface area contributed by atoms with E-state index < -0.39 is 11.4 Å².